The number of carboxylic acid groups (broad SMARTS) is 1. The van der Waals surface area contributed by atoms with Gasteiger partial charge in [0.1, 0.15) is 65.4 Å². The van der Waals surface area contributed by atoms with Crippen LogP contribution in [0.15, 0.2) is 61.1 Å². The number of carboxylic acids is 1. The number of alkyl halides is 1. The Kier molecular flexibility index (Phi) is 16.1. The monoisotopic (exact) mass is 1070 g/mol. The summed E-state index contributed by atoms with van der Waals surface area (Å²) in [7, 11) is 2.10. The topological polar surface area (TPSA) is 160 Å². The summed E-state index contributed by atoms with van der Waals surface area (Å²) in [6.45, 7) is 9.57. The van der Waals surface area contributed by atoms with E-state index in [0.717, 1.165) is 26.2 Å². The van der Waals surface area contributed by atoms with Crippen LogP contribution in [0.1, 0.15) is 59.8 Å². The fourth-order valence-corrected chi connectivity index (χ4v) is 11.8. The number of carbonyl (C=O) groups is 1. The summed E-state index contributed by atoms with van der Waals surface area (Å²) in [4.78, 5) is 37.8. The Morgan fingerprint density at radius 2 is 1.70 bits per heavy atom. The number of piperazine rings is 1. The highest BCUT2D eigenvalue weighted by Crippen LogP contribution is 2.53. The maximum atomic E-state index is 15.9. The molecule has 20 heteroatoms. The molecular formula is C54H58Cl2F2N6O9S. The van der Waals surface area contributed by atoms with Gasteiger partial charge in [0.05, 0.1) is 54.2 Å². The fourth-order valence-electron chi connectivity index (χ4n) is 10.1. The lowest BCUT2D eigenvalue weighted by Gasteiger charge is -2.35. The van der Waals surface area contributed by atoms with Gasteiger partial charge in [-0.25, -0.2) is 33.5 Å². The maximum absolute atomic E-state index is 15.9. The Balaban J connectivity index is 0.969. The van der Waals surface area contributed by atoms with Crippen LogP contribution >= 0.6 is 34.5 Å². The van der Waals surface area contributed by atoms with Crippen LogP contribution < -0.4 is 18.9 Å². The largest absolute Gasteiger partial charge is 0.490 e. The molecule has 3 aromatic carbocycles. The van der Waals surface area contributed by atoms with Crippen molar-refractivity contribution < 1.29 is 51.8 Å². The number of thiophene rings is 1. The zero-order valence-corrected chi connectivity index (χ0v) is 43.7. The summed E-state index contributed by atoms with van der Waals surface area (Å²) in [5.41, 5.74) is 2.84. The second-order valence-electron chi connectivity index (χ2n) is 19.5. The first kappa shape index (κ1) is 52.1. The molecule has 3 atom stereocenters. The summed E-state index contributed by atoms with van der Waals surface area (Å²) >= 11 is 16.0. The molecule has 7 heterocycles. The highest BCUT2D eigenvalue weighted by molar-refractivity contribution is 7.22. The molecule has 0 radical (unpaired) electrons. The summed E-state index contributed by atoms with van der Waals surface area (Å²) < 4.78 is 73.5. The van der Waals surface area contributed by atoms with Crippen LogP contribution in [-0.4, -0.2) is 144 Å². The van der Waals surface area contributed by atoms with Gasteiger partial charge in [-0.3, -0.25) is 4.90 Å². The van der Waals surface area contributed by atoms with Crippen molar-refractivity contribution in [2.45, 2.75) is 82.5 Å². The smallest absolute Gasteiger partial charge is 0.345 e. The van der Waals surface area contributed by atoms with Crippen LogP contribution in [0.5, 0.6) is 23.1 Å². The van der Waals surface area contributed by atoms with Gasteiger partial charge in [-0.1, -0.05) is 35.3 Å². The van der Waals surface area contributed by atoms with Gasteiger partial charge in [0.2, 0.25) is 12.0 Å². The second kappa shape index (κ2) is 22.9. The molecule has 6 aromatic rings. The number of hydrogen-bond donors (Lipinski definition) is 1. The lowest BCUT2D eigenvalue weighted by atomic mass is 9.80. The molecule has 0 spiro atoms. The lowest BCUT2D eigenvalue weighted by molar-refractivity contribution is -0.145. The highest BCUT2D eigenvalue weighted by Gasteiger charge is 2.38. The number of aliphatic carboxylic acids is 1. The number of rotatable bonds is 12. The molecule has 4 aliphatic heterocycles. The number of hydrogen-bond acceptors (Lipinski definition) is 15. The van der Waals surface area contributed by atoms with Crippen LogP contribution in [0.3, 0.4) is 0 Å². The zero-order chi connectivity index (χ0) is 51.5. The van der Waals surface area contributed by atoms with Crippen molar-refractivity contribution in [1.82, 2.24) is 29.7 Å². The maximum Gasteiger partial charge on any atom is 0.345 e. The van der Waals surface area contributed by atoms with E-state index in [1.165, 1.54) is 29.8 Å². The minimum absolute atomic E-state index is 0.00668. The standard InChI is InChI=1S/C54H58Cl2F2N6O9S/c1-31-43-32(2)47(56)48(46(31)55)72-39(24-64-18-16-63(3)17-19-64)28-70-38-8-9-41(71-25-37-12-15-59-50(62-37)34-10-13-54(58,14-11-34)29-68-27-40-26-67-20-21-69-40)35(22-38)23-42(53(65)66)73-51-45-44(43)49(74-52(45)61-30-60-51)33-4-6-36(57)7-5-33/h4-9,12,15,22,30,34,39-40,42H,10-11,13-14,16-21,23-29H2,1-3H3,(H,65,66)/t34?,39-,40+,42-,54?/m1/s1. The fraction of sp³-hybridized carbons (Fsp3) is 0.463. The number of halogens is 4. The van der Waals surface area contributed by atoms with E-state index >= 15 is 4.39 Å². The Morgan fingerprint density at radius 3 is 2.43 bits per heavy atom. The Morgan fingerprint density at radius 1 is 0.932 bits per heavy atom. The normalized spacial score (nSPS) is 22.9. The van der Waals surface area contributed by atoms with Gasteiger partial charge in [-0.2, -0.15) is 0 Å². The van der Waals surface area contributed by atoms with E-state index in [9.17, 15) is 14.3 Å². The van der Waals surface area contributed by atoms with Crippen molar-refractivity contribution in [3.05, 3.63) is 105 Å². The minimum atomic E-state index is -1.49. The molecule has 0 amide bonds. The summed E-state index contributed by atoms with van der Waals surface area (Å²) in [6, 6.07) is 13.1. The number of nitrogens with zero attached hydrogens (tertiary/aromatic N) is 6. The van der Waals surface area contributed by atoms with Crippen molar-refractivity contribution in [2.75, 3.05) is 79.4 Å². The zero-order valence-electron chi connectivity index (χ0n) is 41.4. The van der Waals surface area contributed by atoms with E-state index in [0.29, 0.717) is 129 Å². The van der Waals surface area contributed by atoms with Crippen molar-refractivity contribution in [3.63, 3.8) is 0 Å². The first-order valence-corrected chi connectivity index (χ1v) is 26.5. The molecule has 2 saturated heterocycles. The number of benzene rings is 3. The number of ether oxygens (including phenoxy) is 7. The van der Waals surface area contributed by atoms with Gasteiger partial charge in [0, 0.05) is 67.3 Å². The van der Waals surface area contributed by atoms with Crippen LogP contribution in [0.2, 0.25) is 10.0 Å². The van der Waals surface area contributed by atoms with E-state index in [1.54, 1.807) is 42.6 Å². The van der Waals surface area contributed by atoms with Gasteiger partial charge in [0.15, 0.2) is 5.75 Å². The minimum Gasteiger partial charge on any atom is -0.490 e. The molecule has 1 aliphatic carbocycles. The Bertz CT molecular complexity index is 2940. The van der Waals surface area contributed by atoms with Crippen molar-refractivity contribution in [1.29, 1.82) is 0 Å². The third kappa shape index (κ3) is 11.7. The first-order chi connectivity index (χ1) is 35.8. The van der Waals surface area contributed by atoms with Gasteiger partial charge in [0.25, 0.3) is 0 Å². The van der Waals surface area contributed by atoms with Crippen LogP contribution in [0, 0.1) is 19.7 Å². The van der Waals surface area contributed by atoms with E-state index in [4.69, 9.17) is 61.3 Å². The van der Waals surface area contributed by atoms with Crippen molar-refractivity contribution in [3.8, 4) is 44.7 Å². The van der Waals surface area contributed by atoms with E-state index < -0.39 is 29.7 Å². The first-order valence-electron chi connectivity index (χ1n) is 24.9. The van der Waals surface area contributed by atoms with Crippen LogP contribution in [-0.2, 0) is 32.0 Å². The van der Waals surface area contributed by atoms with Crippen LogP contribution in [0.25, 0.3) is 31.8 Å². The number of fused-ring (bicyclic) bond motifs is 7. The summed E-state index contributed by atoms with van der Waals surface area (Å²) in [5, 5.41) is 11.9. The van der Waals surface area contributed by atoms with Crippen molar-refractivity contribution in [2.24, 2.45) is 0 Å². The van der Waals surface area contributed by atoms with E-state index in [2.05, 4.69) is 31.8 Å². The molecule has 3 fully saturated rings. The highest BCUT2D eigenvalue weighted by atomic mass is 35.5. The molecule has 1 N–H and O–H groups in total. The predicted octanol–water partition coefficient (Wildman–Crippen LogP) is 9.72. The average Bonchev–Trinajstić information content (AvgIpc) is 3.79. The Labute approximate surface area is 442 Å². The van der Waals surface area contributed by atoms with Gasteiger partial charge in [-0.15, -0.1) is 11.3 Å². The van der Waals surface area contributed by atoms with Gasteiger partial charge >= 0.3 is 5.97 Å². The Hall–Kier alpha value is -5.31. The van der Waals surface area contributed by atoms with Crippen molar-refractivity contribution >= 4 is 50.7 Å². The molecule has 4 bridgehead atoms. The summed E-state index contributed by atoms with van der Waals surface area (Å²) in [6.07, 6.45) is 2.34. The molecule has 3 aromatic heterocycles. The lowest BCUT2D eigenvalue weighted by Crippen LogP contribution is -2.49. The quantitative estimate of drug-likeness (QED) is 0.123. The molecule has 5 aliphatic rings. The third-order valence-electron chi connectivity index (χ3n) is 14.3. The van der Waals surface area contributed by atoms with Gasteiger partial charge in [-0.05, 0) is 105 Å². The molecule has 392 valence electrons. The molecular weight excluding hydrogens is 1020 g/mol. The molecule has 0 unspecified atom stereocenters. The average molecular weight is 1080 g/mol. The molecule has 15 nitrogen and oxygen atoms in total. The van der Waals surface area contributed by atoms with Gasteiger partial charge < -0.3 is 43.2 Å². The summed E-state index contributed by atoms with van der Waals surface area (Å²) in [5.74, 6) is 0.0324. The second-order valence-corrected chi connectivity index (χ2v) is 21.3. The van der Waals surface area contributed by atoms with E-state index in [1.807, 2.05) is 13.8 Å². The molecule has 11 rings (SSSR count). The predicted molar refractivity (Wildman–Crippen MR) is 277 cm³/mol. The number of likely N-dealkylation sites (N-methyl/N-ethyl adjacent to an activating group) is 1. The molecule has 74 heavy (non-hydrogen) atoms. The van der Waals surface area contributed by atoms with E-state index in [-0.39, 0.29) is 60.8 Å². The molecule has 1 saturated carbocycles. The van der Waals surface area contributed by atoms with Crippen LogP contribution in [0.4, 0.5) is 8.78 Å². The number of aromatic nitrogens is 4. The third-order valence-corrected chi connectivity index (χ3v) is 16.3. The SMILES string of the molecule is Cc1c(Cl)c2c(Cl)c(C)c1-c1c(-c3ccc(F)cc3)sc3ncnc(c13)O[C@@H](C(=O)O)Cc1cc(ccc1OCc1ccnc(C3CCC(F)(COC[C@@H]4COCCO4)CC3)n1)OC[C@@H](CN1CCN(C)CC1)O2.